The van der Waals surface area contributed by atoms with Crippen molar-refractivity contribution in [2.24, 2.45) is 0 Å². The van der Waals surface area contributed by atoms with E-state index < -0.39 is 9.84 Å². The molecule has 24 heavy (non-hydrogen) atoms. The maximum Gasteiger partial charge on any atom is 0.208 e. The zero-order valence-electron chi connectivity index (χ0n) is 13.9. The summed E-state index contributed by atoms with van der Waals surface area (Å²) in [6.07, 6.45) is 2.69. The van der Waals surface area contributed by atoms with Gasteiger partial charge in [0.1, 0.15) is 0 Å². The van der Waals surface area contributed by atoms with Gasteiger partial charge in [-0.2, -0.15) is 0 Å². The number of nitrogens with zero attached hydrogens (tertiary/aromatic N) is 1. The fraction of sp³-hybridized carbons (Fsp3) is 0.200. The molecule has 0 aliphatic carbocycles. The van der Waals surface area contributed by atoms with Crippen molar-refractivity contribution in [3.05, 3.63) is 72.4 Å². The lowest BCUT2D eigenvalue weighted by molar-refractivity contribution is 0.595. The van der Waals surface area contributed by atoms with Crippen LogP contribution in [0, 0.1) is 6.92 Å². The summed E-state index contributed by atoms with van der Waals surface area (Å²) in [5, 5.41) is 0. The van der Waals surface area contributed by atoms with Crippen LogP contribution in [0.2, 0.25) is 0 Å². The van der Waals surface area contributed by atoms with Crippen molar-refractivity contribution < 1.29 is 8.42 Å². The average Bonchev–Trinajstić information content (AvgIpc) is 3.01. The molecule has 124 valence electrons. The molecule has 4 heteroatoms. The summed E-state index contributed by atoms with van der Waals surface area (Å²) in [6.45, 7) is 4.91. The minimum Gasteiger partial charge on any atom is -0.346 e. The van der Waals surface area contributed by atoms with Crippen molar-refractivity contribution in [2.45, 2.75) is 36.6 Å². The van der Waals surface area contributed by atoms with Crippen LogP contribution in [0.5, 0.6) is 0 Å². The molecular weight excluding hydrogens is 318 g/mol. The largest absolute Gasteiger partial charge is 0.346 e. The Morgan fingerprint density at radius 1 is 0.917 bits per heavy atom. The van der Waals surface area contributed by atoms with Crippen LogP contribution < -0.4 is 0 Å². The van der Waals surface area contributed by atoms with Crippen LogP contribution >= 0.6 is 0 Å². The molecule has 3 rings (SSSR count). The maximum absolute atomic E-state index is 12.9. The summed E-state index contributed by atoms with van der Waals surface area (Å²) < 4.78 is 27.8. The molecule has 0 saturated carbocycles. The summed E-state index contributed by atoms with van der Waals surface area (Å²) in [5.41, 5.74) is 3.15. The van der Waals surface area contributed by atoms with Crippen molar-refractivity contribution in [3.8, 4) is 11.3 Å². The highest BCUT2D eigenvalue weighted by Crippen LogP contribution is 2.29. The van der Waals surface area contributed by atoms with Gasteiger partial charge in [-0.15, -0.1) is 0 Å². The molecule has 0 fully saturated rings. The molecule has 0 atom stereocenters. The zero-order valence-corrected chi connectivity index (χ0v) is 14.8. The quantitative estimate of drug-likeness (QED) is 0.675. The summed E-state index contributed by atoms with van der Waals surface area (Å²) in [4.78, 5) is 0.673. The first-order chi connectivity index (χ1) is 11.5. The van der Waals surface area contributed by atoms with Crippen molar-refractivity contribution >= 4 is 9.84 Å². The normalized spacial score (nSPS) is 11.6. The Hall–Kier alpha value is -2.33. The van der Waals surface area contributed by atoms with Gasteiger partial charge in [0.15, 0.2) is 0 Å². The SMILES string of the molecule is CCCn1cc(S(=O)(=O)c2ccccc2)cc1-c1ccc(C)cc1. The highest BCUT2D eigenvalue weighted by Gasteiger charge is 2.21. The highest BCUT2D eigenvalue weighted by molar-refractivity contribution is 7.91. The predicted octanol–water partition coefficient (Wildman–Crippen LogP) is 4.71. The average molecular weight is 339 g/mol. The van der Waals surface area contributed by atoms with E-state index in [0.717, 1.165) is 24.2 Å². The third-order valence-electron chi connectivity index (χ3n) is 4.05. The summed E-state index contributed by atoms with van der Waals surface area (Å²) in [6, 6.07) is 18.5. The van der Waals surface area contributed by atoms with E-state index in [1.54, 1.807) is 36.5 Å². The standard InChI is InChI=1S/C20H21NO2S/c1-3-13-21-15-19(24(22,23)18-7-5-4-6-8-18)14-20(21)17-11-9-16(2)10-12-17/h4-12,14-15H,3,13H2,1-2H3. The third kappa shape index (κ3) is 3.15. The Balaban J connectivity index is 2.11. The first-order valence-electron chi connectivity index (χ1n) is 8.09. The van der Waals surface area contributed by atoms with Crippen molar-refractivity contribution in [1.82, 2.24) is 4.57 Å². The Labute approximate surface area is 143 Å². The number of sulfone groups is 1. The summed E-state index contributed by atoms with van der Waals surface area (Å²) in [7, 11) is -3.50. The van der Waals surface area contributed by atoms with Crippen molar-refractivity contribution in [2.75, 3.05) is 0 Å². The number of aromatic nitrogens is 1. The molecule has 0 aliphatic rings. The van der Waals surface area contributed by atoms with Gasteiger partial charge in [0.05, 0.1) is 9.79 Å². The van der Waals surface area contributed by atoms with Gasteiger partial charge in [0.2, 0.25) is 9.84 Å². The van der Waals surface area contributed by atoms with Gasteiger partial charge in [-0.1, -0.05) is 55.0 Å². The van der Waals surface area contributed by atoms with E-state index in [4.69, 9.17) is 0 Å². The predicted molar refractivity (Wildman–Crippen MR) is 96.8 cm³/mol. The van der Waals surface area contributed by atoms with E-state index in [2.05, 4.69) is 6.92 Å². The zero-order chi connectivity index (χ0) is 17.2. The van der Waals surface area contributed by atoms with Crippen LogP contribution in [0.4, 0.5) is 0 Å². The molecule has 0 radical (unpaired) electrons. The van der Waals surface area contributed by atoms with Gasteiger partial charge in [-0.05, 0) is 37.1 Å². The van der Waals surface area contributed by atoms with Crippen LogP contribution in [-0.2, 0) is 16.4 Å². The lowest BCUT2D eigenvalue weighted by Gasteiger charge is -2.07. The highest BCUT2D eigenvalue weighted by atomic mass is 32.2. The number of rotatable bonds is 5. The molecule has 1 aromatic heterocycles. The van der Waals surface area contributed by atoms with Crippen molar-refractivity contribution in [3.63, 3.8) is 0 Å². The van der Waals surface area contributed by atoms with E-state index in [9.17, 15) is 8.42 Å². The Bertz CT molecular complexity index is 924. The van der Waals surface area contributed by atoms with Gasteiger partial charge in [-0.25, -0.2) is 8.42 Å². The van der Waals surface area contributed by atoms with E-state index >= 15 is 0 Å². The number of hydrogen-bond acceptors (Lipinski definition) is 2. The topological polar surface area (TPSA) is 39.1 Å². The number of benzene rings is 2. The smallest absolute Gasteiger partial charge is 0.208 e. The number of aryl methyl sites for hydroxylation is 2. The molecule has 1 heterocycles. The molecule has 0 spiro atoms. The second kappa shape index (κ2) is 6.65. The van der Waals surface area contributed by atoms with E-state index in [0.29, 0.717) is 9.79 Å². The monoisotopic (exact) mass is 339 g/mol. The van der Waals surface area contributed by atoms with Gasteiger partial charge in [-0.3, -0.25) is 0 Å². The Morgan fingerprint density at radius 2 is 1.58 bits per heavy atom. The molecule has 3 nitrogen and oxygen atoms in total. The molecule has 0 aliphatic heterocycles. The molecule has 0 unspecified atom stereocenters. The lowest BCUT2D eigenvalue weighted by Crippen LogP contribution is -2.01. The third-order valence-corrected chi connectivity index (χ3v) is 5.78. The maximum atomic E-state index is 12.9. The molecular formula is C20H21NO2S. The van der Waals surface area contributed by atoms with Crippen LogP contribution in [0.1, 0.15) is 18.9 Å². The minimum atomic E-state index is -3.50. The van der Waals surface area contributed by atoms with Gasteiger partial charge in [0, 0.05) is 18.4 Å². The molecule has 3 aromatic rings. The summed E-state index contributed by atoms with van der Waals surface area (Å²) >= 11 is 0. The van der Waals surface area contributed by atoms with Crippen LogP contribution in [-0.4, -0.2) is 13.0 Å². The fourth-order valence-corrected chi connectivity index (χ4v) is 4.08. The van der Waals surface area contributed by atoms with Gasteiger partial charge >= 0.3 is 0 Å². The second-order valence-corrected chi connectivity index (χ2v) is 7.89. The first-order valence-corrected chi connectivity index (χ1v) is 9.58. The molecule has 0 amide bonds. The lowest BCUT2D eigenvalue weighted by atomic mass is 10.1. The van der Waals surface area contributed by atoms with Gasteiger partial charge < -0.3 is 4.57 Å². The van der Waals surface area contributed by atoms with Crippen molar-refractivity contribution in [1.29, 1.82) is 0 Å². The molecule has 2 aromatic carbocycles. The first kappa shape index (κ1) is 16.5. The van der Waals surface area contributed by atoms with Gasteiger partial charge in [0.25, 0.3) is 0 Å². The minimum absolute atomic E-state index is 0.328. The van der Waals surface area contributed by atoms with E-state index in [1.165, 1.54) is 5.56 Å². The Morgan fingerprint density at radius 3 is 2.21 bits per heavy atom. The molecule has 0 bridgehead atoms. The van der Waals surface area contributed by atoms with Crippen LogP contribution in [0.25, 0.3) is 11.3 Å². The van der Waals surface area contributed by atoms with E-state index in [1.807, 2.05) is 41.8 Å². The van der Waals surface area contributed by atoms with Crippen LogP contribution in [0.15, 0.2) is 76.7 Å². The Kier molecular flexibility index (Phi) is 4.58. The van der Waals surface area contributed by atoms with E-state index in [-0.39, 0.29) is 0 Å². The summed E-state index contributed by atoms with van der Waals surface area (Å²) in [5.74, 6) is 0. The second-order valence-electron chi connectivity index (χ2n) is 5.94. The molecule has 0 N–H and O–H groups in total. The molecule has 0 saturated heterocycles. The number of hydrogen-bond donors (Lipinski definition) is 0. The fourth-order valence-electron chi connectivity index (χ4n) is 2.76. The van der Waals surface area contributed by atoms with Crippen LogP contribution in [0.3, 0.4) is 0 Å².